The molecule has 0 atom stereocenters. The van der Waals surface area contributed by atoms with Crippen LogP contribution in [0.4, 0.5) is 0 Å². The highest BCUT2D eigenvalue weighted by Crippen LogP contribution is 2.62. The average molecular weight is 647 g/mol. The molecule has 8 heteroatoms. The number of benzene rings is 8. The molecular weight excluding hydrogens is 608 g/mol. The molecular formula is C40H38O8. The smallest absolute Gasteiger partial charge is 0.134 e. The summed E-state index contributed by atoms with van der Waals surface area (Å²) < 4.78 is 37.2. The van der Waals surface area contributed by atoms with E-state index in [1.807, 2.05) is 0 Å². The van der Waals surface area contributed by atoms with Crippen LogP contribution in [0.2, 0.25) is 0 Å². The number of fused-ring (bicyclic) bond motifs is 2. The highest BCUT2D eigenvalue weighted by atomic mass is 16.5. The van der Waals surface area contributed by atoms with Gasteiger partial charge in [0.1, 0.15) is 46.0 Å². The monoisotopic (exact) mass is 646 g/mol. The van der Waals surface area contributed by atoms with Crippen molar-refractivity contribution in [1.82, 2.24) is 0 Å². The number of aromatic hydroxyl groups is 2. The highest BCUT2D eigenvalue weighted by Gasteiger charge is 2.35. The third kappa shape index (κ3) is 3.35. The largest absolute Gasteiger partial charge is 0.507 e. The lowest BCUT2D eigenvalue weighted by atomic mass is 9.77. The number of rotatable bonds is 8. The van der Waals surface area contributed by atoms with Crippen LogP contribution in [0, 0.1) is 0 Å². The molecule has 48 heavy (non-hydrogen) atoms. The average Bonchev–Trinajstić information content (AvgIpc) is 3.08. The summed E-state index contributed by atoms with van der Waals surface area (Å²) in [6.45, 7) is 8.53. The van der Waals surface area contributed by atoms with Crippen LogP contribution >= 0.6 is 0 Å². The van der Waals surface area contributed by atoms with E-state index in [0.717, 1.165) is 75.8 Å². The van der Waals surface area contributed by atoms with E-state index in [2.05, 4.69) is 39.8 Å². The van der Waals surface area contributed by atoms with Gasteiger partial charge in [-0.25, -0.2) is 0 Å². The minimum atomic E-state index is -0.00198. The van der Waals surface area contributed by atoms with Crippen LogP contribution in [0.1, 0.15) is 50.7 Å². The number of phenols is 2. The lowest BCUT2D eigenvalue weighted by Crippen LogP contribution is -2.06. The molecule has 0 spiro atoms. The Morgan fingerprint density at radius 1 is 0.375 bits per heavy atom. The lowest BCUT2D eigenvalue weighted by molar-refractivity contribution is 0.386. The third-order valence-corrected chi connectivity index (χ3v) is 10.3. The Hall–Kier alpha value is -5.24. The molecule has 8 nitrogen and oxygen atoms in total. The van der Waals surface area contributed by atoms with E-state index < -0.39 is 0 Å². The Labute approximate surface area is 277 Å². The topological polar surface area (TPSA) is 95.8 Å². The van der Waals surface area contributed by atoms with Gasteiger partial charge in [-0.2, -0.15) is 0 Å². The van der Waals surface area contributed by atoms with Gasteiger partial charge >= 0.3 is 0 Å². The van der Waals surface area contributed by atoms with Crippen molar-refractivity contribution in [1.29, 1.82) is 0 Å². The fourth-order valence-corrected chi connectivity index (χ4v) is 8.68. The fraction of sp³-hybridized carbons (Fsp3) is 0.300. The first-order chi connectivity index (χ1) is 23.1. The minimum absolute atomic E-state index is 0.00198. The molecule has 0 aliphatic carbocycles. The van der Waals surface area contributed by atoms with E-state index in [1.54, 1.807) is 54.8 Å². The molecule has 8 aromatic carbocycles. The Balaban J connectivity index is 1.94. The predicted molar refractivity (Wildman–Crippen MR) is 193 cm³/mol. The molecule has 0 radical (unpaired) electrons. The summed E-state index contributed by atoms with van der Waals surface area (Å²) in [4.78, 5) is 0. The molecule has 0 aromatic heterocycles. The maximum atomic E-state index is 11.8. The Kier molecular flexibility index (Phi) is 6.36. The number of phenolic OH excluding ortho intramolecular Hbond substituents is 2. The van der Waals surface area contributed by atoms with E-state index >= 15 is 0 Å². The first-order valence-corrected chi connectivity index (χ1v) is 16.1. The SMILES string of the molecule is COc1cc(O)c2c3c(O)cc(OC)c4cc5c(OC)c(C(C)C)c(OC)c6c7c(OC)c(C(C)C)c(OC)c8cc1c2c(c87)c(c43)c56. The molecule has 0 fully saturated rings. The predicted octanol–water partition coefficient (Wildman–Crippen LogP) is 9.78. The number of hydrogen-bond donors (Lipinski definition) is 2. The Morgan fingerprint density at radius 3 is 1.00 bits per heavy atom. The van der Waals surface area contributed by atoms with Gasteiger partial charge in [-0.1, -0.05) is 27.7 Å². The van der Waals surface area contributed by atoms with Crippen LogP contribution in [0.3, 0.4) is 0 Å². The van der Waals surface area contributed by atoms with Gasteiger partial charge in [0.2, 0.25) is 0 Å². The van der Waals surface area contributed by atoms with Crippen LogP contribution in [-0.2, 0) is 0 Å². The molecule has 0 aliphatic heterocycles. The standard InChI is InChI=1S/C40H38O8/c1-15(2)25-37(45-7)19-11-17-23(43-5)13-21(41)31-27(17)33-29(19)35(39(25)47-9)36-30-20(38(46-8)26(16(3)4)40(36)48-10)12-18-24(44-6)14-22(42)32(31)28(18)34(30)33/h11-16,41-42H,1-10H3. The Bertz CT molecular complexity index is 2420. The molecule has 0 unspecified atom stereocenters. The highest BCUT2D eigenvalue weighted by molar-refractivity contribution is 6.51. The van der Waals surface area contributed by atoms with Crippen LogP contribution < -0.4 is 28.4 Å². The normalized spacial score (nSPS) is 12.5. The molecule has 0 heterocycles. The van der Waals surface area contributed by atoms with Crippen LogP contribution in [-0.4, -0.2) is 52.9 Å². The molecule has 0 bridgehead atoms. The van der Waals surface area contributed by atoms with Crippen molar-refractivity contribution in [3.63, 3.8) is 0 Å². The first kappa shape index (κ1) is 30.1. The second-order valence-corrected chi connectivity index (χ2v) is 13.2. The summed E-state index contributed by atoms with van der Waals surface area (Å²) in [5.74, 6) is 3.89. The summed E-state index contributed by atoms with van der Waals surface area (Å²) in [5, 5.41) is 34.8. The lowest BCUT2D eigenvalue weighted by Gasteiger charge is -2.30. The molecule has 0 amide bonds. The Morgan fingerprint density at radius 2 is 0.708 bits per heavy atom. The maximum absolute atomic E-state index is 11.8. The molecule has 0 saturated carbocycles. The third-order valence-electron chi connectivity index (χ3n) is 10.3. The van der Waals surface area contributed by atoms with Gasteiger partial charge in [0, 0.05) is 98.7 Å². The van der Waals surface area contributed by atoms with Crippen LogP contribution in [0.15, 0.2) is 24.3 Å². The zero-order valence-corrected chi connectivity index (χ0v) is 28.8. The second kappa shape index (κ2) is 10.1. The van der Waals surface area contributed by atoms with Gasteiger partial charge in [0.05, 0.1) is 42.7 Å². The first-order valence-electron chi connectivity index (χ1n) is 16.1. The molecule has 0 saturated heterocycles. The van der Waals surface area contributed by atoms with E-state index in [9.17, 15) is 10.2 Å². The molecule has 246 valence electrons. The maximum Gasteiger partial charge on any atom is 0.134 e. The summed E-state index contributed by atoms with van der Waals surface area (Å²) in [5.41, 5.74) is 1.87. The molecule has 0 aliphatic rings. The van der Waals surface area contributed by atoms with Crippen LogP contribution in [0.25, 0.3) is 75.4 Å². The van der Waals surface area contributed by atoms with E-state index in [0.29, 0.717) is 45.3 Å². The van der Waals surface area contributed by atoms with Gasteiger partial charge in [0.15, 0.2) is 0 Å². The zero-order valence-electron chi connectivity index (χ0n) is 28.8. The van der Waals surface area contributed by atoms with Gasteiger partial charge in [0.25, 0.3) is 0 Å². The zero-order chi connectivity index (χ0) is 34.1. The second-order valence-electron chi connectivity index (χ2n) is 13.2. The number of ether oxygens (including phenoxy) is 6. The van der Waals surface area contributed by atoms with Crippen molar-refractivity contribution in [2.75, 3.05) is 42.7 Å². The number of methoxy groups -OCH3 is 6. The van der Waals surface area contributed by atoms with Gasteiger partial charge in [-0.05, 0) is 24.0 Å². The quantitative estimate of drug-likeness (QED) is 0.124. The van der Waals surface area contributed by atoms with E-state index in [-0.39, 0.29) is 23.3 Å². The summed E-state index contributed by atoms with van der Waals surface area (Å²) in [6, 6.07) is 7.40. The summed E-state index contributed by atoms with van der Waals surface area (Å²) in [6.07, 6.45) is 0. The summed E-state index contributed by atoms with van der Waals surface area (Å²) >= 11 is 0. The van der Waals surface area contributed by atoms with Crippen molar-refractivity contribution in [2.45, 2.75) is 39.5 Å². The van der Waals surface area contributed by atoms with Gasteiger partial charge in [-0.3, -0.25) is 0 Å². The van der Waals surface area contributed by atoms with E-state index in [1.165, 1.54) is 0 Å². The van der Waals surface area contributed by atoms with Gasteiger partial charge in [-0.15, -0.1) is 0 Å². The van der Waals surface area contributed by atoms with Gasteiger partial charge < -0.3 is 38.6 Å². The van der Waals surface area contributed by atoms with Crippen molar-refractivity contribution in [3.8, 4) is 46.0 Å². The fourth-order valence-electron chi connectivity index (χ4n) is 8.68. The molecule has 2 N–H and O–H groups in total. The number of hydrogen-bond acceptors (Lipinski definition) is 8. The van der Waals surface area contributed by atoms with E-state index in [4.69, 9.17) is 28.4 Å². The molecule has 8 aromatic rings. The van der Waals surface area contributed by atoms with Crippen molar-refractivity contribution >= 4 is 75.4 Å². The van der Waals surface area contributed by atoms with Crippen molar-refractivity contribution in [2.24, 2.45) is 0 Å². The minimum Gasteiger partial charge on any atom is -0.507 e. The van der Waals surface area contributed by atoms with Crippen molar-refractivity contribution < 1.29 is 38.6 Å². The van der Waals surface area contributed by atoms with Crippen molar-refractivity contribution in [3.05, 3.63) is 35.4 Å². The van der Waals surface area contributed by atoms with Crippen LogP contribution in [0.5, 0.6) is 46.0 Å². The summed E-state index contributed by atoms with van der Waals surface area (Å²) in [7, 11) is 9.97. The molecule has 8 rings (SSSR count).